The predicted molar refractivity (Wildman–Crippen MR) is 75.1 cm³/mol. The topological polar surface area (TPSA) is 44.8 Å². The van der Waals surface area contributed by atoms with Gasteiger partial charge in [-0.05, 0) is 44.8 Å². The van der Waals surface area contributed by atoms with Gasteiger partial charge in [-0.2, -0.15) is 0 Å². The van der Waals surface area contributed by atoms with Gasteiger partial charge >= 0.3 is 0 Å². The van der Waals surface area contributed by atoms with E-state index in [-0.39, 0.29) is 6.04 Å². The quantitative estimate of drug-likeness (QED) is 0.698. The summed E-state index contributed by atoms with van der Waals surface area (Å²) in [4.78, 5) is 16.2. The van der Waals surface area contributed by atoms with Gasteiger partial charge in [-0.3, -0.25) is 9.69 Å². The summed E-state index contributed by atoms with van der Waals surface area (Å²) in [5.41, 5.74) is 0. The monoisotopic (exact) mass is 269 g/mol. The largest absolute Gasteiger partial charge is 0.383 e. The number of hydrogen-bond acceptors (Lipinski definition) is 4. The minimum atomic E-state index is 0.160. The summed E-state index contributed by atoms with van der Waals surface area (Å²) in [7, 11) is 3.64. The van der Waals surface area contributed by atoms with Crippen LogP contribution in [-0.4, -0.2) is 75.2 Å². The number of ether oxygens (including phenoxy) is 1. The Morgan fingerprint density at radius 2 is 2.00 bits per heavy atom. The lowest BCUT2D eigenvalue weighted by molar-refractivity contribution is -0.131. The third-order valence-corrected chi connectivity index (χ3v) is 4.41. The normalized spacial score (nSPS) is 26.3. The lowest BCUT2D eigenvalue weighted by Gasteiger charge is -2.35. The fourth-order valence-electron chi connectivity index (χ4n) is 3.09. The number of carbonyl (C=O) groups excluding carboxylic acids is 1. The molecule has 0 aromatic carbocycles. The van der Waals surface area contributed by atoms with E-state index in [2.05, 4.69) is 10.2 Å². The minimum absolute atomic E-state index is 0.160. The van der Waals surface area contributed by atoms with Crippen molar-refractivity contribution in [3.63, 3.8) is 0 Å². The molecule has 0 aromatic heterocycles. The molecule has 0 aromatic rings. The molecule has 110 valence electrons. The van der Waals surface area contributed by atoms with Crippen LogP contribution in [0.5, 0.6) is 0 Å². The van der Waals surface area contributed by atoms with Crippen molar-refractivity contribution < 1.29 is 9.53 Å². The Labute approximate surface area is 116 Å². The van der Waals surface area contributed by atoms with E-state index in [0.29, 0.717) is 5.91 Å². The molecule has 2 fully saturated rings. The first-order valence-corrected chi connectivity index (χ1v) is 7.41. The molecule has 1 atom stereocenters. The molecule has 0 saturated carbocycles. The van der Waals surface area contributed by atoms with E-state index in [1.165, 1.54) is 12.8 Å². The van der Waals surface area contributed by atoms with Crippen LogP contribution in [0.1, 0.15) is 19.3 Å². The highest BCUT2D eigenvalue weighted by Gasteiger charge is 2.35. The van der Waals surface area contributed by atoms with E-state index in [0.717, 1.165) is 51.7 Å². The highest BCUT2D eigenvalue weighted by atomic mass is 16.5. The van der Waals surface area contributed by atoms with Crippen LogP contribution in [0.2, 0.25) is 0 Å². The second-order valence-corrected chi connectivity index (χ2v) is 5.74. The maximum Gasteiger partial charge on any atom is 0.239 e. The molecule has 5 heteroatoms. The number of nitrogens with zero attached hydrogens (tertiary/aromatic N) is 2. The van der Waals surface area contributed by atoms with Crippen molar-refractivity contribution in [2.24, 2.45) is 5.92 Å². The number of nitrogens with one attached hydrogen (secondary N) is 1. The molecule has 1 amide bonds. The first kappa shape index (κ1) is 14.8. The number of hydrogen-bond donors (Lipinski definition) is 1. The summed E-state index contributed by atoms with van der Waals surface area (Å²) in [5.74, 6) is 1.07. The van der Waals surface area contributed by atoms with Crippen molar-refractivity contribution >= 4 is 5.91 Å². The van der Waals surface area contributed by atoms with Gasteiger partial charge in [0.15, 0.2) is 0 Å². The van der Waals surface area contributed by atoms with E-state index in [4.69, 9.17) is 4.74 Å². The molecule has 5 nitrogen and oxygen atoms in total. The average Bonchev–Trinajstić information content (AvgIpc) is 2.76. The van der Waals surface area contributed by atoms with E-state index < -0.39 is 0 Å². The number of carbonyl (C=O) groups is 1. The van der Waals surface area contributed by atoms with E-state index >= 15 is 0 Å². The van der Waals surface area contributed by atoms with Crippen molar-refractivity contribution in [2.45, 2.75) is 25.3 Å². The van der Waals surface area contributed by atoms with E-state index in [9.17, 15) is 4.79 Å². The molecule has 0 bridgehead atoms. The van der Waals surface area contributed by atoms with Gasteiger partial charge in [0.25, 0.3) is 0 Å². The molecule has 2 aliphatic heterocycles. The molecular formula is C14H27N3O2. The van der Waals surface area contributed by atoms with E-state index in [1.807, 2.05) is 11.9 Å². The summed E-state index contributed by atoms with van der Waals surface area (Å²) in [6.07, 6.45) is 3.41. The fraction of sp³-hybridized carbons (Fsp3) is 0.929. The first-order valence-electron chi connectivity index (χ1n) is 7.41. The summed E-state index contributed by atoms with van der Waals surface area (Å²) in [6.45, 7) is 5.85. The second-order valence-electron chi connectivity index (χ2n) is 5.74. The molecule has 2 aliphatic rings. The molecule has 2 saturated heterocycles. The Morgan fingerprint density at radius 3 is 2.58 bits per heavy atom. The van der Waals surface area contributed by atoms with E-state index in [1.54, 1.807) is 7.11 Å². The van der Waals surface area contributed by atoms with Crippen molar-refractivity contribution in [1.29, 1.82) is 0 Å². The molecule has 0 aliphatic carbocycles. The van der Waals surface area contributed by atoms with Crippen molar-refractivity contribution in [1.82, 2.24) is 15.1 Å². The predicted octanol–water partition coefficient (Wildman–Crippen LogP) is 0.165. The summed E-state index contributed by atoms with van der Waals surface area (Å²) in [5, 5.41) is 3.44. The zero-order valence-corrected chi connectivity index (χ0v) is 12.2. The van der Waals surface area contributed by atoms with Crippen LogP contribution in [0.3, 0.4) is 0 Å². The molecule has 1 N–H and O–H groups in total. The standard InChI is InChI=1S/C14H27N3O2/c1-16-7-5-13(14(16)18)17-8-3-12(4-9-17)11-15-6-10-19-2/h12-13,15H,3-11H2,1-2H3. The van der Waals surface area contributed by atoms with Crippen molar-refractivity contribution in [3.8, 4) is 0 Å². The molecule has 1 unspecified atom stereocenters. The zero-order valence-electron chi connectivity index (χ0n) is 12.2. The second kappa shape index (κ2) is 7.22. The minimum Gasteiger partial charge on any atom is -0.383 e. The third kappa shape index (κ3) is 3.91. The Bertz CT molecular complexity index is 290. The number of rotatable bonds is 6. The van der Waals surface area contributed by atoms with Crippen LogP contribution in [-0.2, 0) is 9.53 Å². The van der Waals surface area contributed by atoms with Gasteiger partial charge in [-0.15, -0.1) is 0 Å². The number of methoxy groups -OCH3 is 1. The van der Waals surface area contributed by atoms with Crippen molar-refractivity contribution in [2.75, 3.05) is 53.5 Å². The van der Waals surface area contributed by atoms with Crippen LogP contribution < -0.4 is 5.32 Å². The maximum atomic E-state index is 12.0. The number of amides is 1. The van der Waals surface area contributed by atoms with Crippen LogP contribution in [0.4, 0.5) is 0 Å². The van der Waals surface area contributed by atoms with Gasteiger partial charge in [-0.25, -0.2) is 0 Å². The molecule has 19 heavy (non-hydrogen) atoms. The van der Waals surface area contributed by atoms with Gasteiger partial charge in [0.2, 0.25) is 5.91 Å². The molecule has 0 radical (unpaired) electrons. The first-order chi connectivity index (χ1) is 9.22. The lowest BCUT2D eigenvalue weighted by Crippen LogP contribution is -2.46. The van der Waals surface area contributed by atoms with Gasteiger partial charge < -0.3 is 15.0 Å². The molecule has 2 rings (SSSR count). The summed E-state index contributed by atoms with van der Waals surface area (Å²) in [6, 6.07) is 0.160. The highest BCUT2D eigenvalue weighted by Crippen LogP contribution is 2.23. The Morgan fingerprint density at radius 1 is 1.26 bits per heavy atom. The van der Waals surface area contributed by atoms with Gasteiger partial charge in [-0.1, -0.05) is 0 Å². The number of likely N-dealkylation sites (N-methyl/N-ethyl adjacent to an activating group) is 1. The summed E-state index contributed by atoms with van der Waals surface area (Å²) >= 11 is 0. The number of piperidine rings is 1. The van der Waals surface area contributed by atoms with Crippen LogP contribution in [0, 0.1) is 5.92 Å². The van der Waals surface area contributed by atoms with Crippen molar-refractivity contribution in [3.05, 3.63) is 0 Å². The van der Waals surface area contributed by atoms with Gasteiger partial charge in [0.1, 0.15) is 0 Å². The lowest BCUT2D eigenvalue weighted by atomic mass is 9.95. The maximum absolute atomic E-state index is 12.0. The zero-order chi connectivity index (χ0) is 13.7. The highest BCUT2D eigenvalue weighted by molar-refractivity contribution is 5.83. The smallest absolute Gasteiger partial charge is 0.239 e. The van der Waals surface area contributed by atoms with Crippen LogP contribution >= 0.6 is 0 Å². The third-order valence-electron chi connectivity index (χ3n) is 4.41. The summed E-state index contributed by atoms with van der Waals surface area (Å²) < 4.78 is 5.02. The molecular weight excluding hydrogens is 242 g/mol. The van der Waals surface area contributed by atoms with Crippen LogP contribution in [0.15, 0.2) is 0 Å². The molecule has 2 heterocycles. The Kier molecular flexibility index (Phi) is 5.60. The van der Waals surface area contributed by atoms with Gasteiger partial charge in [0.05, 0.1) is 12.6 Å². The van der Waals surface area contributed by atoms with Crippen LogP contribution in [0.25, 0.3) is 0 Å². The number of likely N-dealkylation sites (tertiary alicyclic amines) is 2. The SMILES string of the molecule is COCCNCC1CCN(C2CCN(C)C2=O)CC1. The molecule has 0 spiro atoms. The Hall–Kier alpha value is -0.650. The average molecular weight is 269 g/mol. The fourth-order valence-corrected chi connectivity index (χ4v) is 3.09. The Balaban J connectivity index is 1.66. The van der Waals surface area contributed by atoms with Gasteiger partial charge in [0, 0.05) is 27.2 Å².